The Morgan fingerprint density at radius 1 is 1.19 bits per heavy atom. The van der Waals surface area contributed by atoms with Crippen LogP contribution < -0.4 is 16.4 Å². The Kier molecular flexibility index (Phi) is 6.72. The summed E-state index contributed by atoms with van der Waals surface area (Å²) in [6.45, 7) is 8.03. The Labute approximate surface area is 97.2 Å². The maximum absolute atomic E-state index is 11.6. The molecule has 0 rings (SSSR count). The van der Waals surface area contributed by atoms with Gasteiger partial charge in [-0.25, -0.2) is 0 Å². The van der Waals surface area contributed by atoms with Crippen molar-refractivity contribution in [2.75, 3.05) is 6.54 Å². The molecule has 4 N–H and O–H groups in total. The predicted molar refractivity (Wildman–Crippen MR) is 63.7 cm³/mol. The zero-order valence-corrected chi connectivity index (χ0v) is 10.5. The van der Waals surface area contributed by atoms with Gasteiger partial charge in [0.25, 0.3) is 0 Å². The monoisotopic (exact) mass is 229 g/mol. The third-order valence-corrected chi connectivity index (χ3v) is 2.17. The minimum Gasteiger partial charge on any atom is -0.355 e. The number of likely N-dealkylation sites (N-methyl/N-ethyl adjacent to an activating group) is 1. The van der Waals surface area contributed by atoms with Crippen molar-refractivity contribution in [3.8, 4) is 0 Å². The Balaban J connectivity index is 4.08. The van der Waals surface area contributed by atoms with Gasteiger partial charge >= 0.3 is 0 Å². The molecule has 94 valence electrons. The van der Waals surface area contributed by atoms with Gasteiger partial charge in [0.05, 0.1) is 6.04 Å². The first kappa shape index (κ1) is 14.9. The van der Waals surface area contributed by atoms with Crippen molar-refractivity contribution in [3.05, 3.63) is 0 Å². The second-order valence-corrected chi connectivity index (χ2v) is 4.36. The van der Waals surface area contributed by atoms with Crippen LogP contribution in [0, 0.1) is 5.92 Å². The Hall–Kier alpha value is -1.10. The number of nitrogens with one attached hydrogen (secondary N) is 2. The van der Waals surface area contributed by atoms with Crippen LogP contribution in [0.25, 0.3) is 0 Å². The minimum absolute atomic E-state index is 0.187. The fourth-order valence-corrected chi connectivity index (χ4v) is 1.33. The molecule has 5 heteroatoms. The van der Waals surface area contributed by atoms with Gasteiger partial charge in [0.2, 0.25) is 11.8 Å². The Morgan fingerprint density at radius 3 is 2.19 bits per heavy atom. The molecule has 2 unspecified atom stereocenters. The standard InChI is InChI=1S/C11H23N3O2/c1-5-13-10(15)8(4)14-11(16)9(12)6-7(2)3/h7-9H,5-6,12H2,1-4H3,(H,13,15)(H,14,16). The molecule has 0 aliphatic rings. The third-order valence-electron chi connectivity index (χ3n) is 2.17. The van der Waals surface area contributed by atoms with E-state index in [0.29, 0.717) is 18.9 Å². The topological polar surface area (TPSA) is 84.2 Å². The van der Waals surface area contributed by atoms with E-state index < -0.39 is 12.1 Å². The number of carbonyl (C=O) groups is 2. The average Bonchev–Trinajstić information content (AvgIpc) is 2.16. The van der Waals surface area contributed by atoms with E-state index >= 15 is 0 Å². The highest BCUT2D eigenvalue weighted by Crippen LogP contribution is 2.02. The summed E-state index contributed by atoms with van der Waals surface area (Å²) < 4.78 is 0. The molecule has 5 nitrogen and oxygen atoms in total. The van der Waals surface area contributed by atoms with Crippen LogP contribution in [-0.4, -0.2) is 30.4 Å². The summed E-state index contributed by atoms with van der Waals surface area (Å²) >= 11 is 0. The van der Waals surface area contributed by atoms with Crippen LogP contribution in [0.5, 0.6) is 0 Å². The number of hydrogen-bond donors (Lipinski definition) is 3. The molecule has 0 saturated carbocycles. The van der Waals surface area contributed by atoms with E-state index in [-0.39, 0.29) is 11.8 Å². The molecule has 0 aliphatic carbocycles. The number of rotatable bonds is 6. The quantitative estimate of drug-likeness (QED) is 0.599. The van der Waals surface area contributed by atoms with Crippen molar-refractivity contribution in [2.24, 2.45) is 11.7 Å². The number of amides is 2. The summed E-state index contributed by atoms with van der Waals surface area (Å²) in [6.07, 6.45) is 0.619. The molecule has 0 bridgehead atoms. The maximum atomic E-state index is 11.6. The summed E-state index contributed by atoms with van der Waals surface area (Å²) in [5.74, 6) is -0.0967. The van der Waals surface area contributed by atoms with Crippen molar-refractivity contribution < 1.29 is 9.59 Å². The first-order chi connectivity index (χ1) is 7.38. The van der Waals surface area contributed by atoms with Crippen molar-refractivity contribution in [1.82, 2.24) is 10.6 Å². The molecule has 0 saturated heterocycles. The van der Waals surface area contributed by atoms with Gasteiger partial charge in [0, 0.05) is 6.54 Å². The van der Waals surface area contributed by atoms with E-state index in [1.54, 1.807) is 6.92 Å². The van der Waals surface area contributed by atoms with Gasteiger partial charge in [-0.05, 0) is 26.2 Å². The van der Waals surface area contributed by atoms with Crippen molar-refractivity contribution in [3.63, 3.8) is 0 Å². The lowest BCUT2D eigenvalue weighted by molar-refractivity contribution is -0.129. The lowest BCUT2D eigenvalue weighted by Crippen LogP contribution is -2.50. The first-order valence-corrected chi connectivity index (χ1v) is 5.72. The molecule has 0 heterocycles. The van der Waals surface area contributed by atoms with Crippen LogP contribution in [-0.2, 0) is 9.59 Å². The highest BCUT2D eigenvalue weighted by Gasteiger charge is 2.19. The van der Waals surface area contributed by atoms with Crippen LogP contribution in [0.4, 0.5) is 0 Å². The molecule has 2 amide bonds. The van der Waals surface area contributed by atoms with Crippen molar-refractivity contribution >= 4 is 11.8 Å². The molecular weight excluding hydrogens is 206 g/mol. The zero-order valence-electron chi connectivity index (χ0n) is 10.5. The van der Waals surface area contributed by atoms with Crippen LogP contribution in [0.2, 0.25) is 0 Å². The lowest BCUT2D eigenvalue weighted by Gasteiger charge is -2.18. The van der Waals surface area contributed by atoms with Crippen LogP contribution in [0.3, 0.4) is 0 Å². The smallest absolute Gasteiger partial charge is 0.242 e. The molecule has 0 aromatic rings. The number of nitrogens with two attached hydrogens (primary N) is 1. The van der Waals surface area contributed by atoms with Crippen LogP contribution >= 0.6 is 0 Å². The van der Waals surface area contributed by atoms with Gasteiger partial charge in [0.15, 0.2) is 0 Å². The van der Waals surface area contributed by atoms with E-state index in [1.165, 1.54) is 0 Å². The summed E-state index contributed by atoms with van der Waals surface area (Å²) in [5.41, 5.74) is 5.70. The number of carbonyl (C=O) groups excluding carboxylic acids is 2. The van der Waals surface area contributed by atoms with Gasteiger partial charge in [-0.15, -0.1) is 0 Å². The van der Waals surface area contributed by atoms with Gasteiger partial charge in [0.1, 0.15) is 6.04 Å². The van der Waals surface area contributed by atoms with Crippen molar-refractivity contribution in [1.29, 1.82) is 0 Å². The molecule has 0 fully saturated rings. The maximum Gasteiger partial charge on any atom is 0.242 e. The SMILES string of the molecule is CCNC(=O)C(C)NC(=O)C(N)CC(C)C. The summed E-state index contributed by atoms with van der Waals surface area (Å²) in [4.78, 5) is 22.9. The molecule has 2 atom stereocenters. The summed E-state index contributed by atoms with van der Waals surface area (Å²) in [5, 5.41) is 5.23. The van der Waals surface area contributed by atoms with E-state index in [4.69, 9.17) is 5.73 Å². The Morgan fingerprint density at radius 2 is 1.75 bits per heavy atom. The molecular formula is C11H23N3O2. The predicted octanol–water partition coefficient (Wildman–Crippen LogP) is 0.000600. The van der Waals surface area contributed by atoms with E-state index in [2.05, 4.69) is 10.6 Å². The second kappa shape index (κ2) is 7.22. The fourth-order valence-electron chi connectivity index (χ4n) is 1.33. The average molecular weight is 229 g/mol. The highest BCUT2D eigenvalue weighted by molar-refractivity contribution is 5.89. The molecule has 16 heavy (non-hydrogen) atoms. The molecule has 0 spiro atoms. The van der Waals surface area contributed by atoms with E-state index in [1.807, 2.05) is 20.8 Å². The Bertz CT molecular complexity index is 241. The molecule has 0 aliphatic heterocycles. The van der Waals surface area contributed by atoms with Gasteiger partial charge in [-0.2, -0.15) is 0 Å². The molecule has 0 aromatic carbocycles. The highest BCUT2D eigenvalue weighted by atomic mass is 16.2. The second-order valence-electron chi connectivity index (χ2n) is 4.36. The van der Waals surface area contributed by atoms with E-state index in [0.717, 1.165) is 0 Å². The normalized spacial score (nSPS) is 14.4. The largest absolute Gasteiger partial charge is 0.355 e. The molecule has 0 aromatic heterocycles. The van der Waals surface area contributed by atoms with Gasteiger partial charge in [-0.3, -0.25) is 9.59 Å². The van der Waals surface area contributed by atoms with E-state index in [9.17, 15) is 9.59 Å². The van der Waals surface area contributed by atoms with Gasteiger partial charge < -0.3 is 16.4 Å². The van der Waals surface area contributed by atoms with Crippen LogP contribution in [0.1, 0.15) is 34.1 Å². The number of hydrogen-bond acceptors (Lipinski definition) is 3. The fraction of sp³-hybridized carbons (Fsp3) is 0.818. The zero-order chi connectivity index (χ0) is 12.7. The van der Waals surface area contributed by atoms with Crippen LogP contribution in [0.15, 0.2) is 0 Å². The minimum atomic E-state index is -0.545. The van der Waals surface area contributed by atoms with Crippen molar-refractivity contribution in [2.45, 2.75) is 46.2 Å². The summed E-state index contributed by atoms with van der Waals surface area (Å²) in [6, 6.07) is -1.08. The van der Waals surface area contributed by atoms with Gasteiger partial charge in [-0.1, -0.05) is 13.8 Å². The first-order valence-electron chi connectivity index (χ1n) is 5.72. The molecule has 0 radical (unpaired) electrons. The third kappa shape index (κ3) is 5.70. The lowest BCUT2D eigenvalue weighted by atomic mass is 10.0. The summed E-state index contributed by atoms with van der Waals surface area (Å²) in [7, 11) is 0.